The zero-order chi connectivity index (χ0) is 22.1. The van der Waals surface area contributed by atoms with Crippen LogP contribution in [0.2, 0.25) is 10.0 Å². The molecule has 3 aromatic carbocycles. The Kier molecular flexibility index (Phi) is 5.81. The molecular formula is C24H20Cl2N4O. The van der Waals surface area contributed by atoms with Crippen molar-refractivity contribution in [2.45, 2.75) is 20.8 Å². The number of nitrogens with one attached hydrogen (secondary N) is 1. The summed E-state index contributed by atoms with van der Waals surface area (Å²) in [5.74, 6) is 0.185. The fourth-order valence-electron chi connectivity index (χ4n) is 3.20. The Morgan fingerprint density at radius 1 is 0.968 bits per heavy atom. The number of hydrogen-bond acceptors (Lipinski definition) is 3. The van der Waals surface area contributed by atoms with E-state index in [0.29, 0.717) is 21.6 Å². The van der Waals surface area contributed by atoms with Crippen LogP contribution in [-0.4, -0.2) is 20.7 Å². The molecular weight excluding hydrogens is 431 g/mol. The highest BCUT2D eigenvalue weighted by Gasteiger charge is 2.20. The van der Waals surface area contributed by atoms with Crippen LogP contribution in [0.1, 0.15) is 27.3 Å². The van der Waals surface area contributed by atoms with E-state index in [2.05, 4.69) is 15.4 Å². The predicted octanol–water partition coefficient (Wildman–Crippen LogP) is 6.42. The van der Waals surface area contributed by atoms with Crippen LogP contribution in [0.5, 0.6) is 0 Å². The Bertz CT molecular complexity index is 1280. The number of nitrogens with zero attached hydrogens (tertiary/aromatic N) is 3. The molecule has 0 aliphatic carbocycles. The summed E-state index contributed by atoms with van der Waals surface area (Å²) < 4.78 is 1.66. The highest BCUT2D eigenvalue weighted by molar-refractivity contribution is 6.32. The molecule has 31 heavy (non-hydrogen) atoms. The van der Waals surface area contributed by atoms with Gasteiger partial charge in [-0.2, -0.15) is 0 Å². The lowest BCUT2D eigenvalue weighted by atomic mass is 10.1. The molecule has 0 saturated carbocycles. The van der Waals surface area contributed by atoms with Crippen molar-refractivity contribution in [2.75, 3.05) is 5.32 Å². The molecule has 0 aliphatic heterocycles. The number of hydrogen-bond donors (Lipinski definition) is 1. The third kappa shape index (κ3) is 4.33. The van der Waals surface area contributed by atoms with E-state index in [1.165, 1.54) is 0 Å². The fourth-order valence-corrected chi connectivity index (χ4v) is 3.54. The molecule has 5 nitrogen and oxygen atoms in total. The highest BCUT2D eigenvalue weighted by Crippen LogP contribution is 2.27. The minimum absolute atomic E-state index is 0.0503. The summed E-state index contributed by atoms with van der Waals surface area (Å²) in [5.41, 5.74) is 5.08. The average molecular weight is 451 g/mol. The lowest BCUT2D eigenvalue weighted by molar-refractivity contribution is 0.101. The van der Waals surface area contributed by atoms with Crippen molar-refractivity contribution in [2.24, 2.45) is 0 Å². The molecule has 0 bridgehead atoms. The van der Waals surface area contributed by atoms with Crippen LogP contribution in [0.25, 0.3) is 17.1 Å². The van der Waals surface area contributed by atoms with Gasteiger partial charge in [-0.25, -0.2) is 9.67 Å². The topological polar surface area (TPSA) is 59.8 Å². The number of aromatic nitrogens is 3. The first-order valence-corrected chi connectivity index (χ1v) is 10.5. The number of halogens is 2. The summed E-state index contributed by atoms with van der Waals surface area (Å²) in [6.45, 7) is 5.82. The summed E-state index contributed by atoms with van der Waals surface area (Å²) in [6.07, 6.45) is 0. The standard InChI is InChI=1S/C24H20Cl2N4O/c1-14-7-10-17(11-8-14)23-28-22(24(31)27-20-6-4-5-19(26)16(20)3)29-30(23)21-13-18(25)12-9-15(21)2/h4-13H,1-3H3,(H,27,31). The monoisotopic (exact) mass is 450 g/mol. The molecule has 1 N–H and O–H groups in total. The predicted molar refractivity (Wildman–Crippen MR) is 125 cm³/mol. The first-order chi connectivity index (χ1) is 14.8. The third-order valence-electron chi connectivity index (χ3n) is 5.04. The molecule has 7 heteroatoms. The Balaban J connectivity index is 1.81. The van der Waals surface area contributed by atoms with Gasteiger partial charge in [0.1, 0.15) is 0 Å². The molecule has 0 aliphatic rings. The molecule has 0 spiro atoms. The van der Waals surface area contributed by atoms with Gasteiger partial charge in [-0.05, 0) is 56.2 Å². The van der Waals surface area contributed by atoms with Crippen molar-refractivity contribution in [3.63, 3.8) is 0 Å². The van der Waals surface area contributed by atoms with Gasteiger partial charge in [-0.3, -0.25) is 4.79 Å². The van der Waals surface area contributed by atoms with Crippen molar-refractivity contribution in [1.82, 2.24) is 14.8 Å². The third-order valence-corrected chi connectivity index (χ3v) is 5.68. The van der Waals surface area contributed by atoms with E-state index in [1.54, 1.807) is 22.9 Å². The maximum Gasteiger partial charge on any atom is 0.295 e. The molecule has 156 valence electrons. The van der Waals surface area contributed by atoms with E-state index in [1.807, 2.05) is 63.2 Å². The number of anilines is 1. The van der Waals surface area contributed by atoms with E-state index in [0.717, 1.165) is 27.9 Å². The maximum atomic E-state index is 13.0. The van der Waals surface area contributed by atoms with Gasteiger partial charge in [0.15, 0.2) is 5.82 Å². The van der Waals surface area contributed by atoms with Crippen LogP contribution < -0.4 is 5.32 Å². The first kappa shape index (κ1) is 21.1. The van der Waals surface area contributed by atoms with Crippen molar-refractivity contribution in [3.05, 3.63) is 93.2 Å². The van der Waals surface area contributed by atoms with Gasteiger partial charge < -0.3 is 5.32 Å². The summed E-state index contributed by atoms with van der Waals surface area (Å²) in [4.78, 5) is 17.6. The maximum absolute atomic E-state index is 13.0. The van der Waals surface area contributed by atoms with Gasteiger partial charge in [0.2, 0.25) is 5.82 Å². The summed E-state index contributed by atoms with van der Waals surface area (Å²) in [5, 5.41) is 8.54. The number of rotatable bonds is 4. The number of amides is 1. The second kappa shape index (κ2) is 8.53. The van der Waals surface area contributed by atoms with E-state index < -0.39 is 5.91 Å². The molecule has 0 unspecified atom stereocenters. The van der Waals surface area contributed by atoms with Gasteiger partial charge in [0, 0.05) is 21.3 Å². The molecule has 1 heterocycles. The molecule has 4 rings (SSSR count). The normalized spacial score (nSPS) is 10.9. The molecule has 0 fully saturated rings. The molecule has 4 aromatic rings. The quantitative estimate of drug-likeness (QED) is 0.390. The zero-order valence-electron chi connectivity index (χ0n) is 17.3. The SMILES string of the molecule is Cc1ccc(-c2nc(C(=O)Nc3cccc(Cl)c3C)nn2-c2cc(Cl)ccc2C)cc1. The second-order valence-electron chi connectivity index (χ2n) is 7.33. The van der Waals surface area contributed by atoms with Gasteiger partial charge >= 0.3 is 0 Å². The average Bonchev–Trinajstić information content (AvgIpc) is 3.19. The lowest BCUT2D eigenvalue weighted by Gasteiger charge is -2.10. The Morgan fingerprint density at radius 3 is 2.45 bits per heavy atom. The Hall–Kier alpha value is -3.15. The Labute approximate surface area is 190 Å². The minimum atomic E-state index is -0.419. The molecule has 0 atom stereocenters. The number of aryl methyl sites for hydroxylation is 2. The van der Waals surface area contributed by atoms with E-state index in [4.69, 9.17) is 23.2 Å². The van der Waals surface area contributed by atoms with E-state index in [9.17, 15) is 4.79 Å². The van der Waals surface area contributed by atoms with E-state index >= 15 is 0 Å². The second-order valence-corrected chi connectivity index (χ2v) is 8.18. The largest absolute Gasteiger partial charge is 0.319 e. The van der Waals surface area contributed by atoms with Crippen LogP contribution in [0.15, 0.2) is 60.7 Å². The van der Waals surface area contributed by atoms with Crippen molar-refractivity contribution >= 4 is 34.8 Å². The van der Waals surface area contributed by atoms with Crippen LogP contribution >= 0.6 is 23.2 Å². The van der Waals surface area contributed by atoms with Crippen molar-refractivity contribution in [1.29, 1.82) is 0 Å². The number of benzene rings is 3. The smallest absolute Gasteiger partial charge is 0.295 e. The highest BCUT2D eigenvalue weighted by atomic mass is 35.5. The fraction of sp³-hybridized carbons (Fsp3) is 0.125. The van der Waals surface area contributed by atoms with Crippen molar-refractivity contribution in [3.8, 4) is 17.1 Å². The minimum Gasteiger partial charge on any atom is -0.319 e. The van der Waals surface area contributed by atoms with Gasteiger partial charge in [0.05, 0.1) is 5.69 Å². The van der Waals surface area contributed by atoms with Crippen LogP contribution in [0, 0.1) is 20.8 Å². The van der Waals surface area contributed by atoms with Gasteiger partial charge in [-0.1, -0.05) is 65.2 Å². The summed E-state index contributed by atoms with van der Waals surface area (Å²) in [6, 6.07) is 18.8. The van der Waals surface area contributed by atoms with Crippen molar-refractivity contribution < 1.29 is 4.79 Å². The number of carbonyl (C=O) groups excluding carboxylic acids is 1. The summed E-state index contributed by atoms with van der Waals surface area (Å²) >= 11 is 12.4. The molecule has 1 amide bonds. The van der Waals surface area contributed by atoms with Gasteiger partial charge in [-0.15, -0.1) is 5.10 Å². The van der Waals surface area contributed by atoms with Gasteiger partial charge in [0.25, 0.3) is 5.91 Å². The number of carbonyl (C=O) groups is 1. The Morgan fingerprint density at radius 2 is 1.71 bits per heavy atom. The lowest BCUT2D eigenvalue weighted by Crippen LogP contribution is -2.15. The van der Waals surface area contributed by atoms with E-state index in [-0.39, 0.29) is 5.82 Å². The zero-order valence-corrected chi connectivity index (χ0v) is 18.8. The first-order valence-electron chi connectivity index (χ1n) is 9.70. The molecule has 1 aromatic heterocycles. The van der Waals surface area contributed by atoms with Crippen LogP contribution in [0.3, 0.4) is 0 Å². The summed E-state index contributed by atoms with van der Waals surface area (Å²) in [7, 11) is 0. The van der Waals surface area contributed by atoms with Crippen LogP contribution in [0.4, 0.5) is 5.69 Å². The molecule has 0 radical (unpaired) electrons. The van der Waals surface area contributed by atoms with Crippen LogP contribution in [-0.2, 0) is 0 Å². The molecule has 0 saturated heterocycles.